The summed E-state index contributed by atoms with van der Waals surface area (Å²) in [4.78, 5) is 25.8. The second-order valence-corrected chi connectivity index (χ2v) is 6.49. The maximum atomic E-state index is 12.6. The van der Waals surface area contributed by atoms with Gasteiger partial charge in [-0.15, -0.1) is 0 Å². The van der Waals surface area contributed by atoms with Gasteiger partial charge in [0.1, 0.15) is 12.4 Å². The molecule has 3 aromatic carbocycles. The van der Waals surface area contributed by atoms with E-state index in [4.69, 9.17) is 9.47 Å². The molecule has 1 fully saturated rings. The van der Waals surface area contributed by atoms with Gasteiger partial charge in [-0.2, -0.15) is 0 Å². The van der Waals surface area contributed by atoms with Crippen LogP contribution in [0.2, 0.25) is 0 Å². The van der Waals surface area contributed by atoms with Gasteiger partial charge in [-0.25, -0.2) is 4.79 Å². The van der Waals surface area contributed by atoms with Crippen LogP contribution in [0.5, 0.6) is 5.75 Å². The van der Waals surface area contributed by atoms with E-state index < -0.39 is 0 Å². The second-order valence-electron chi connectivity index (χ2n) is 6.49. The average Bonchev–Trinajstić information content (AvgIpc) is 3.17. The number of hydrogen-bond acceptors (Lipinski definition) is 4. The van der Waals surface area contributed by atoms with Crippen LogP contribution in [0.3, 0.4) is 0 Å². The number of rotatable bonds is 5. The quantitative estimate of drug-likeness (QED) is 0.480. The van der Waals surface area contributed by atoms with Gasteiger partial charge in [-0.1, -0.05) is 36.4 Å². The highest BCUT2D eigenvalue weighted by molar-refractivity contribution is 6.08. The van der Waals surface area contributed by atoms with Crippen molar-refractivity contribution in [3.63, 3.8) is 0 Å². The van der Waals surface area contributed by atoms with Crippen LogP contribution in [0.25, 0.3) is 16.8 Å². The monoisotopic (exact) mass is 373 g/mol. The molecule has 1 heterocycles. The molecule has 0 radical (unpaired) electrons. The summed E-state index contributed by atoms with van der Waals surface area (Å²) >= 11 is 0. The third-order valence-corrected chi connectivity index (χ3v) is 4.70. The van der Waals surface area contributed by atoms with Crippen LogP contribution in [0.15, 0.2) is 66.7 Å². The Morgan fingerprint density at radius 2 is 1.89 bits per heavy atom. The lowest BCUT2D eigenvalue weighted by molar-refractivity contribution is 0.104. The van der Waals surface area contributed by atoms with Crippen molar-refractivity contribution in [3.05, 3.63) is 77.9 Å². The molecular weight excluding hydrogens is 354 g/mol. The first-order chi connectivity index (χ1) is 13.6. The fourth-order valence-corrected chi connectivity index (χ4v) is 3.20. The summed E-state index contributed by atoms with van der Waals surface area (Å²) in [5, 5.41) is 2.15. The highest BCUT2D eigenvalue weighted by atomic mass is 16.6. The van der Waals surface area contributed by atoms with Crippen LogP contribution < -0.4 is 9.64 Å². The van der Waals surface area contributed by atoms with Crippen molar-refractivity contribution in [2.24, 2.45) is 0 Å². The van der Waals surface area contributed by atoms with Crippen molar-refractivity contribution >= 4 is 34.4 Å². The van der Waals surface area contributed by atoms with Gasteiger partial charge in [-0.05, 0) is 52.7 Å². The normalized spacial score (nSPS) is 13.9. The molecule has 0 unspecified atom stereocenters. The Labute approximate surface area is 162 Å². The van der Waals surface area contributed by atoms with Gasteiger partial charge in [-0.3, -0.25) is 9.69 Å². The summed E-state index contributed by atoms with van der Waals surface area (Å²) in [5.74, 6) is 0.692. The van der Waals surface area contributed by atoms with E-state index >= 15 is 0 Å². The maximum absolute atomic E-state index is 12.6. The zero-order valence-corrected chi connectivity index (χ0v) is 15.4. The number of carbonyl (C=O) groups excluding carboxylic acids is 2. The third-order valence-electron chi connectivity index (χ3n) is 4.70. The number of nitrogens with zero attached hydrogens (tertiary/aromatic N) is 1. The van der Waals surface area contributed by atoms with Gasteiger partial charge in [0.15, 0.2) is 5.78 Å². The van der Waals surface area contributed by atoms with E-state index in [1.54, 1.807) is 43.5 Å². The van der Waals surface area contributed by atoms with E-state index in [0.717, 1.165) is 22.1 Å². The minimum atomic E-state index is -0.382. The molecule has 3 aromatic rings. The first kappa shape index (κ1) is 17.8. The molecule has 0 aromatic heterocycles. The number of hydrogen-bond donors (Lipinski definition) is 0. The number of carbonyl (C=O) groups is 2. The van der Waals surface area contributed by atoms with Gasteiger partial charge in [0, 0.05) is 11.3 Å². The molecule has 140 valence electrons. The van der Waals surface area contributed by atoms with Crippen LogP contribution in [0.4, 0.5) is 10.5 Å². The number of ether oxygens (including phenoxy) is 2. The van der Waals surface area contributed by atoms with Crippen molar-refractivity contribution in [3.8, 4) is 5.75 Å². The van der Waals surface area contributed by atoms with E-state index in [2.05, 4.69) is 0 Å². The summed E-state index contributed by atoms with van der Waals surface area (Å²) in [6, 6.07) is 18.9. The van der Waals surface area contributed by atoms with Gasteiger partial charge < -0.3 is 9.47 Å². The molecule has 1 aliphatic heterocycles. The standard InChI is InChI=1S/C23H19NO4/c1-27-21-9-8-17-13-16(5-7-18(17)15-21)6-10-22(25)19-3-2-4-20(14-19)24-11-12-28-23(24)26/h2-10,13-15H,11-12H2,1H3. The summed E-state index contributed by atoms with van der Waals surface area (Å²) < 4.78 is 10.2. The van der Waals surface area contributed by atoms with E-state index in [1.807, 2.05) is 36.4 Å². The van der Waals surface area contributed by atoms with Gasteiger partial charge in [0.05, 0.1) is 13.7 Å². The molecule has 0 spiro atoms. The molecule has 5 heteroatoms. The Morgan fingerprint density at radius 1 is 1.07 bits per heavy atom. The number of fused-ring (bicyclic) bond motifs is 1. The van der Waals surface area contributed by atoms with E-state index in [0.29, 0.717) is 24.4 Å². The van der Waals surface area contributed by atoms with Gasteiger partial charge in [0.25, 0.3) is 0 Å². The zero-order chi connectivity index (χ0) is 19.5. The molecule has 1 amide bonds. The van der Waals surface area contributed by atoms with Crippen molar-refractivity contribution in [2.45, 2.75) is 0 Å². The van der Waals surface area contributed by atoms with E-state index in [1.165, 1.54) is 4.90 Å². The van der Waals surface area contributed by atoms with Crippen LogP contribution >= 0.6 is 0 Å². The number of cyclic esters (lactones) is 1. The lowest BCUT2D eigenvalue weighted by Crippen LogP contribution is -2.23. The molecule has 5 nitrogen and oxygen atoms in total. The van der Waals surface area contributed by atoms with Crippen molar-refractivity contribution < 1.29 is 19.1 Å². The Balaban J connectivity index is 1.54. The number of anilines is 1. The second kappa shape index (κ2) is 7.56. The van der Waals surface area contributed by atoms with E-state index in [9.17, 15) is 9.59 Å². The molecule has 0 N–H and O–H groups in total. The third kappa shape index (κ3) is 3.60. The van der Waals surface area contributed by atoms with Crippen molar-refractivity contribution in [2.75, 3.05) is 25.2 Å². The summed E-state index contributed by atoms with van der Waals surface area (Å²) in [6.07, 6.45) is 2.96. The Bertz CT molecular complexity index is 1090. The van der Waals surface area contributed by atoms with E-state index in [-0.39, 0.29) is 11.9 Å². The topological polar surface area (TPSA) is 55.8 Å². The van der Waals surface area contributed by atoms with Crippen LogP contribution in [-0.4, -0.2) is 32.1 Å². The lowest BCUT2D eigenvalue weighted by atomic mass is 10.0. The molecule has 1 saturated heterocycles. The SMILES string of the molecule is COc1ccc2cc(C=CC(=O)c3cccc(N4CCOC4=O)c3)ccc2c1. The number of ketones is 1. The summed E-state index contributed by atoms with van der Waals surface area (Å²) in [6.45, 7) is 0.860. The van der Waals surface area contributed by atoms with Crippen molar-refractivity contribution in [1.82, 2.24) is 0 Å². The van der Waals surface area contributed by atoms with Gasteiger partial charge in [0.2, 0.25) is 0 Å². The molecule has 0 saturated carbocycles. The maximum Gasteiger partial charge on any atom is 0.414 e. The smallest absolute Gasteiger partial charge is 0.414 e. The minimum absolute atomic E-state index is 0.121. The number of methoxy groups -OCH3 is 1. The summed E-state index contributed by atoms with van der Waals surface area (Å²) in [7, 11) is 1.64. The number of amides is 1. The Morgan fingerprint density at radius 3 is 2.68 bits per heavy atom. The number of benzene rings is 3. The average molecular weight is 373 g/mol. The lowest BCUT2D eigenvalue weighted by Gasteiger charge is -2.13. The zero-order valence-electron chi connectivity index (χ0n) is 15.4. The molecule has 1 aliphatic rings. The first-order valence-corrected chi connectivity index (χ1v) is 8.98. The molecule has 28 heavy (non-hydrogen) atoms. The predicted octanol–water partition coefficient (Wildman–Crippen LogP) is 4.70. The molecule has 0 aliphatic carbocycles. The van der Waals surface area contributed by atoms with Crippen LogP contribution in [0.1, 0.15) is 15.9 Å². The highest BCUT2D eigenvalue weighted by Gasteiger charge is 2.23. The fourth-order valence-electron chi connectivity index (χ4n) is 3.20. The Kier molecular flexibility index (Phi) is 4.81. The van der Waals surface area contributed by atoms with Crippen molar-refractivity contribution in [1.29, 1.82) is 0 Å². The van der Waals surface area contributed by atoms with Crippen LogP contribution in [-0.2, 0) is 4.74 Å². The predicted molar refractivity (Wildman–Crippen MR) is 109 cm³/mol. The Hall–Kier alpha value is -3.60. The highest BCUT2D eigenvalue weighted by Crippen LogP contribution is 2.23. The molecule has 4 rings (SSSR count). The fraction of sp³-hybridized carbons (Fsp3) is 0.130. The van der Waals surface area contributed by atoms with Crippen LogP contribution in [0, 0.1) is 0 Å². The molecular formula is C23H19NO4. The molecule has 0 atom stereocenters. The van der Waals surface area contributed by atoms with Gasteiger partial charge >= 0.3 is 6.09 Å². The largest absolute Gasteiger partial charge is 0.497 e. The minimum Gasteiger partial charge on any atom is -0.497 e. The summed E-state index contributed by atoms with van der Waals surface area (Å²) in [5.41, 5.74) is 2.13. The first-order valence-electron chi connectivity index (χ1n) is 8.98. The molecule has 0 bridgehead atoms. The number of allylic oxidation sites excluding steroid dienone is 1.